The molecule has 1 heterocycles. The number of nitrogens with one attached hydrogen (secondary N) is 1. The van der Waals surface area contributed by atoms with Crippen molar-refractivity contribution in [2.24, 2.45) is 0 Å². The summed E-state index contributed by atoms with van der Waals surface area (Å²) in [5.74, 6) is 2.10. The van der Waals surface area contributed by atoms with Gasteiger partial charge in [0.05, 0.1) is 0 Å². The molecule has 2 nitrogen and oxygen atoms in total. The first-order valence-electron chi connectivity index (χ1n) is 6.47. The van der Waals surface area contributed by atoms with E-state index in [-0.39, 0.29) is 0 Å². The van der Waals surface area contributed by atoms with Crippen LogP contribution in [0.3, 0.4) is 0 Å². The minimum atomic E-state index is 0.301. The predicted octanol–water partition coefficient (Wildman–Crippen LogP) is 3.32. The molecule has 0 aliphatic carbocycles. The summed E-state index contributed by atoms with van der Waals surface area (Å²) in [6, 6.07) is 8.81. The van der Waals surface area contributed by atoms with Gasteiger partial charge in [0, 0.05) is 16.7 Å². The second kappa shape index (κ2) is 6.31. The van der Waals surface area contributed by atoms with Gasteiger partial charge >= 0.3 is 0 Å². The monoisotopic (exact) mass is 251 g/mol. The fourth-order valence-electron chi connectivity index (χ4n) is 2.23. The van der Waals surface area contributed by atoms with E-state index in [1.807, 2.05) is 17.8 Å². The molecule has 3 heteroatoms. The van der Waals surface area contributed by atoms with E-state index >= 15 is 0 Å². The van der Waals surface area contributed by atoms with Crippen molar-refractivity contribution in [3.63, 3.8) is 0 Å². The molecule has 0 aromatic heterocycles. The number of hydrogen-bond acceptors (Lipinski definition) is 3. The summed E-state index contributed by atoms with van der Waals surface area (Å²) in [5.41, 5.74) is 0. The Hall–Kier alpha value is -0.670. The van der Waals surface area contributed by atoms with E-state index < -0.39 is 0 Å². The lowest BCUT2D eigenvalue weighted by atomic mass is 10.1. The van der Waals surface area contributed by atoms with Crippen LogP contribution in [-0.2, 0) is 0 Å². The predicted molar refractivity (Wildman–Crippen MR) is 74.0 cm³/mol. The Morgan fingerprint density at radius 1 is 1.41 bits per heavy atom. The highest BCUT2D eigenvalue weighted by Gasteiger charge is 2.26. The Morgan fingerprint density at radius 3 is 3.00 bits per heavy atom. The van der Waals surface area contributed by atoms with Gasteiger partial charge in [0.2, 0.25) is 0 Å². The average Bonchev–Trinajstić information content (AvgIpc) is 2.38. The Labute approximate surface area is 108 Å². The highest BCUT2D eigenvalue weighted by molar-refractivity contribution is 7.99. The number of fused-ring (bicyclic) bond motifs is 1. The molecule has 0 saturated carbocycles. The van der Waals surface area contributed by atoms with Gasteiger partial charge in [0.1, 0.15) is 11.9 Å². The highest BCUT2D eigenvalue weighted by Crippen LogP contribution is 2.36. The van der Waals surface area contributed by atoms with Gasteiger partial charge in [-0.1, -0.05) is 32.4 Å². The first kappa shape index (κ1) is 12.8. The molecule has 2 atom stereocenters. The highest BCUT2D eigenvalue weighted by atomic mass is 32.2. The van der Waals surface area contributed by atoms with Gasteiger partial charge in [-0.25, -0.2) is 0 Å². The van der Waals surface area contributed by atoms with Crippen LogP contribution in [-0.4, -0.2) is 24.4 Å². The summed E-state index contributed by atoms with van der Waals surface area (Å²) < 4.78 is 6.12. The molecule has 1 aromatic carbocycles. The maximum Gasteiger partial charge on any atom is 0.133 e. The van der Waals surface area contributed by atoms with Crippen molar-refractivity contribution in [3.05, 3.63) is 24.3 Å². The zero-order valence-electron chi connectivity index (χ0n) is 10.6. The standard InChI is InChI=1S/C14H21NOS/c1-3-7-11(15-4-2)13-10-17-14-9-6-5-8-12(14)16-13/h5-6,8-9,11,13,15H,3-4,7,10H2,1-2H3. The van der Waals surface area contributed by atoms with Crippen molar-refractivity contribution < 1.29 is 4.74 Å². The van der Waals surface area contributed by atoms with Crippen LogP contribution < -0.4 is 10.1 Å². The minimum Gasteiger partial charge on any atom is -0.487 e. The number of likely N-dealkylation sites (N-methyl/N-ethyl adjacent to an activating group) is 1. The number of rotatable bonds is 5. The van der Waals surface area contributed by atoms with E-state index in [1.165, 1.54) is 17.7 Å². The number of thioether (sulfide) groups is 1. The van der Waals surface area contributed by atoms with Crippen LogP contribution in [0.1, 0.15) is 26.7 Å². The zero-order valence-corrected chi connectivity index (χ0v) is 11.4. The Morgan fingerprint density at radius 2 is 2.24 bits per heavy atom. The number of para-hydroxylation sites is 1. The fourth-order valence-corrected chi connectivity index (χ4v) is 3.30. The van der Waals surface area contributed by atoms with Crippen molar-refractivity contribution in [2.75, 3.05) is 12.3 Å². The molecular formula is C14H21NOS. The maximum absolute atomic E-state index is 6.12. The van der Waals surface area contributed by atoms with E-state index in [4.69, 9.17) is 4.74 Å². The van der Waals surface area contributed by atoms with E-state index in [0.717, 1.165) is 18.0 Å². The first-order chi connectivity index (χ1) is 8.35. The average molecular weight is 251 g/mol. The molecule has 1 aliphatic heterocycles. The minimum absolute atomic E-state index is 0.301. The maximum atomic E-state index is 6.12. The third kappa shape index (κ3) is 3.17. The summed E-state index contributed by atoms with van der Waals surface area (Å²) in [6.07, 6.45) is 2.68. The topological polar surface area (TPSA) is 21.3 Å². The van der Waals surface area contributed by atoms with Crippen LogP contribution in [0.2, 0.25) is 0 Å². The normalized spacial score (nSPS) is 20.5. The Balaban J connectivity index is 2.04. The molecule has 94 valence electrons. The SMILES string of the molecule is CCCC(NCC)C1CSc2ccccc2O1. The van der Waals surface area contributed by atoms with E-state index in [2.05, 4.69) is 37.4 Å². The van der Waals surface area contributed by atoms with Crippen LogP contribution in [0.5, 0.6) is 5.75 Å². The fraction of sp³-hybridized carbons (Fsp3) is 0.571. The molecule has 0 radical (unpaired) electrons. The molecule has 0 saturated heterocycles. The quantitative estimate of drug-likeness (QED) is 0.867. The number of benzene rings is 1. The lowest BCUT2D eigenvalue weighted by Gasteiger charge is -2.32. The van der Waals surface area contributed by atoms with Gasteiger partial charge in [-0.3, -0.25) is 0 Å². The van der Waals surface area contributed by atoms with E-state index in [0.29, 0.717) is 12.1 Å². The largest absolute Gasteiger partial charge is 0.487 e. The number of hydrogen-bond donors (Lipinski definition) is 1. The summed E-state index contributed by atoms with van der Waals surface area (Å²) in [4.78, 5) is 1.27. The molecule has 17 heavy (non-hydrogen) atoms. The summed E-state index contributed by atoms with van der Waals surface area (Å²) >= 11 is 1.91. The number of ether oxygens (including phenoxy) is 1. The summed E-state index contributed by atoms with van der Waals surface area (Å²) in [7, 11) is 0. The van der Waals surface area contributed by atoms with Gasteiger partial charge in [0.25, 0.3) is 0 Å². The lowest BCUT2D eigenvalue weighted by molar-refractivity contribution is 0.161. The van der Waals surface area contributed by atoms with Crippen molar-refractivity contribution in [1.82, 2.24) is 5.32 Å². The lowest BCUT2D eigenvalue weighted by Crippen LogP contribution is -2.45. The van der Waals surface area contributed by atoms with E-state index in [1.54, 1.807) is 0 Å². The molecule has 2 rings (SSSR count). The second-order valence-corrected chi connectivity index (χ2v) is 5.43. The van der Waals surface area contributed by atoms with Gasteiger partial charge in [-0.2, -0.15) is 0 Å². The molecule has 1 aromatic rings. The van der Waals surface area contributed by atoms with E-state index in [9.17, 15) is 0 Å². The molecule has 0 amide bonds. The van der Waals surface area contributed by atoms with Gasteiger partial charge in [0.15, 0.2) is 0 Å². The van der Waals surface area contributed by atoms with Crippen LogP contribution in [0, 0.1) is 0 Å². The van der Waals surface area contributed by atoms with Crippen molar-refractivity contribution in [1.29, 1.82) is 0 Å². The molecule has 0 fully saturated rings. The summed E-state index contributed by atoms with van der Waals surface area (Å²) in [5, 5.41) is 3.55. The van der Waals surface area contributed by atoms with Crippen molar-refractivity contribution in [2.45, 2.75) is 43.7 Å². The Bertz CT molecular complexity index is 350. The van der Waals surface area contributed by atoms with Crippen molar-refractivity contribution >= 4 is 11.8 Å². The molecular weight excluding hydrogens is 230 g/mol. The third-order valence-electron chi connectivity index (χ3n) is 3.05. The first-order valence-corrected chi connectivity index (χ1v) is 7.45. The summed E-state index contributed by atoms with van der Waals surface area (Å²) in [6.45, 7) is 5.40. The van der Waals surface area contributed by atoms with Crippen LogP contribution in [0.25, 0.3) is 0 Å². The van der Waals surface area contributed by atoms with Gasteiger partial charge < -0.3 is 10.1 Å². The third-order valence-corrected chi connectivity index (χ3v) is 4.19. The Kier molecular flexibility index (Phi) is 4.75. The molecule has 0 spiro atoms. The smallest absolute Gasteiger partial charge is 0.133 e. The molecule has 1 aliphatic rings. The molecule has 1 N–H and O–H groups in total. The van der Waals surface area contributed by atoms with Crippen LogP contribution in [0.15, 0.2) is 29.2 Å². The van der Waals surface area contributed by atoms with Gasteiger partial charge in [-0.15, -0.1) is 11.8 Å². The zero-order chi connectivity index (χ0) is 12.1. The molecule has 0 bridgehead atoms. The van der Waals surface area contributed by atoms with Crippen LogP contribution >= 0.6 is 11.8 Å². The second-order valence-electron chi connectivity index (χ2n) is 4.37. The molecule has 2 unspecified atom stereocenters. The van der Waals surface area contributed by atoms with Crippen LogP contribution in [0.4, 0.5) is 0 Å². The van der Waals surface area contributed by atoms with Gasteiger partial charge in [-0.05, 0) is 25.1 Å². The van der Waals surface area contributed by atoms with Crippen molar-refractivity contribution in [3.8, 4) is 5.75 Å².